The highest BCUT2D eigenvalue weighted by Crippen LogP contribution is 2.38. The Morgan fingerprint density at radius 2 is 1.81 bits per heavy atom. The van der Waals surface area contributed by atoms with Crippen molar-refractivity contribution in [3.63, 3.8) is 0 Å². The van der Waals surface area contributed by atoms with E-state index in [1.165, 1.54) is 43.1 Å². The van der Waals surface area contributed by atoms with Gasteiger partial charge in [0, 0.05) is 18.1 Å². The summed E-state index contributed by atoms with van der Waals surface area (Å²) < 4.78 is 34.6. The molecule has 3 aromatic rings. The third kappa shape index (κ3) is 4.61. The Hall–Kier alpha value is -2.81. The standard InChI is InChI=1S/C17H17F2N5O.C5H11N/c1-25-13-7-14-21-8-12(16-10(18)6-11(19)17(20)22-16)24(14)23-15(13)9-4-2-3-5-9;1-2-4-6-5-3-1/h6-9H,2-5H2,1H3,(H2,20,22);6H,1-5H2. The molecule has 0 unspecified atom stereocenters. The highest BCUT2D eigenvalue weighted by Gasteiger charge is 2.25. The highest BCUT2D eigenvalue weighted by molar-refractivity contribution is 5.62. The maximum atomic E-state index is 14.2. The number of aromatic nitrogens is 4. The number of piperidine rings is 1. The van der Waals surface area contributed by atoms with Gasteiger partial charge in [0.05, 0.1) is 13.3 Å². The molecule has 2 fully saturated rings. The van der Waals surface area contributed by atoms with Crippen molar-refractivity contribution < 1.29 is 13.5 Å². The van der Waals surface area contributed by atoms with Crippen molar-refractivity contribution in [2.45, 2.75) is 50.9 Å². The molecule has 1 saturated carbocycles. The molecule has 3 aromatic heterocycles. The largest absolute Gasteiger partial charge is 0.495 e. The molecule has 2 aliphatic rings. The fourth-order valence-corrected chi connectivity index (χ4v) is 4.18. The van der Waals surface area contributed by atoms with Crippen molar-refractivity contribution in [3.05, 3.63) is 35.7 Å². The minimum absolute atomic E-state index is 0.0820. The maximum Gasteiger partial charge on any atom is 0.168 e. The van der Waals surface area contributed by atoms with Crippen LogP contribution in [0.15, 0.2) is 18.3 Å². The second-order valence-electron chi connectivity index (χ2n) is 7.99. The number of nitrogens with zero attached hydrogens (tertiary/aromatic N) is 4. The van der Waals surface area contributed by atoms with Crippen LogP contribution in [0.3, 0.4) is 0 Å². The Bertz CT molecular complexity index is 1030. The molecule has 0 spiro atoms. The van der Waals surface area contributed by atoms with Crippen molar-refractivity contribution in [2.75, 3.05) is 25.9 Å². The lowest BCUT2D eigenvalue weighted by molar-refractivity contribution is 0.399. The van der Waals surface area contributed by atoms with E-state index < -0.39 is 11.6 Å². The topological polar surface area (TPSA) is 90.4 Å². The van der Waals surface area contributed by atoms with Crippen LogP contribution in [0.4, 0.5) is 14.6 Å². The van der Waals surface area contributed by atoms with E-state index in [9.17, 15) is 8.78 Å². The van der Waals surface area contributed by atoms with Gasteiger partial charge in [-0.15, -0.1) is 0 Å². The summed E-state index contributed by atoms with van der Waals surface area (Å²) in [7, 11) is 1.59. The quantitative estimate of drug-likeness (QED) is 0.651. The van der Waals surface area contributed by atoms with Gasteiger partial charge in [-0.05, 0) is 38.8 Å². The van der Waals surface area contributed by atoms with Crippen LogP contribution >= 0.6 is 0 Å². The van der Waals surface area contributed by atoms with Gasteiger partial charge in [0.15, 0.2) is 23.1 Å². The second kappa shape index (κ2) is 9.55. The maximum absolute atomic E-state index is 14.2. The molecule has 7 nitrogen and oxygen atoms in total. The van der Waals surface area contributed by atoms with Crippen LogP contribution in [-0.2, 0) is 0 Å². The number of pyridine rings is 1. The minimum atomic E-state index is -0.892. The summed E-state index contributed by atoms with van der Waals surface area (Å²) in [6, 6.07) is 2.49. The van der Waals surface area contributed by atoms with Gasteiger partial charge in [0.25, 0.3) is 0 Å². The number of nitrogens with one attached hydrogen (secondary N) is 1. The molecule has 3 N–H and O–H groups in total. The number of fused-ring (bicyclic) bond motifs is 1. The van der Waals surface area contributed by atoms with Gasteiger partial charge in [0.2, 0.25) is 0 Å². The molecule has 0 radical (unpaired) electrons. The Morgan fingerprint density at radius 3 is 2.42 bits per heavy atom. The van der Waals surface area contributed by atoms with Crippen molar-refractivity contribution in [3.8, 4) is 17.1 Å². The fourth-order valence-electron chi connectivity index (χ4n) is 4.18. The lowest BCUT2D eigenvalue weighted by Gasteiger charge is -2.14. The Balaban J connectivity index is 0.000000334. The summed E-state index contributed by atoms with van der Waals surface area (Å²) in [5.74, 6) is -1.10. The van der Waals surface area contributed by atoms with Gasteiger partial charge in [-0.25, -0.2) is 23.3 Å². The molecule has 0 amide bonds. The van der Waals surface area contributed by atoms with Crippen LogP contribution < -0.4 is 15.8 Å². The van der Waals surface area contributed by atoms with Crippen LogP contribution in [0, 0.1) is 11.6 Å². The number of methoxy groups -OCH3 is 1. The molecular formula is C22H28F2N6O. The van der Waals surface area contributed by atoms with Crippen LogP contribution in [0.25, 0.3) is 17.0 Å². The molecular weight excluding hydrogens is 402 g/mol. The Kier molecular flexibility index (Phi) is 6.60. The zero-order chi connectivity index (χ0) is 21.8. The zero-order valence-corrected chi connectivity index (χ0v) is 17.7. The number of hydrogen-bond acceptors (Lipinski definition) is 6. The van der Waals surface area contributed by atoms with Gasteiger partial charge in [-0.3, -0.25) is 0 Å². The summed E-state index contributed by atoms with van der Waals surface area (Å²) in [6.07, 6.45) is 10.0. The first-order valence-electron chi connectivity index (χ1n) is 10.8. The first kappa shape index (κ1) is 21.4. The Labute approximate surface area is 180 Å². The third-order valence-electron chi connectivity index (χ3n) is 5.85. The van der Waals surface area contributed by atoms with Gasteiger partial charge in [-0.1, -0.05) is 19.3 Å². The molecule has 5 rings (SSSR count). The van der Waals surface area contributed by atoms with Crippen molar-refractivity contribution in [1.82, 2.24) is 24.9 Å². The molecule has 1 aliphatic carbocycles. The predicted molar refractivity (Wildman–Crippen MR) is 115 cm³/mol. The lowest BCUT2D eigenvalue weighted by Crippen LogP contribution is -2.21. The van der Waals surface area contributed by atoms with E-state index in [0.717, 1.165) is 37.4 Å². The summed E-state index contributed by atoms with van der Waals surface area (Å²) in [6.45, 7) is 2.50. The van der Waals surface area contributed by atoms with E-state index in [0.29, 0.717) is 23.0 Å². The number of hydrogen-bond donors (Lipinski definition) is 2. The van der Waals surface area contributed by atoms with E-state index in [2.05, 4.69) is 20.4 Å². The molecule has 31 heavy (non-hydrogen) atoms. The molecule has 1 saturated heterocycles. The second-order valence-corrected chi connectivity index (χ2v) is 7.99. The summed E-state index contributed by atoms with van der Waals surface area (Å²) in [5, 5.41) is 7.93. The van der Waals surface area contributed by atoms with E-state index in [-0.39, 0.29) is 11.5 Å². The van der Waals surface area contributed by atoms with Crippen LogP contribution in [-0.4, -0.2) is 39.8 Å². The van der Waals surface area contributed by atoms with Gasteiger partial charge in [0.1, 0.15) is 22.8 Å². The third-order valence-corrected chi connectivity index (χ3v) is 5.85. The molecule has 0 bridgehead atoms. The number of anilines is 1. The average molecular weight is 431 g/mol. The van der Waals surface area contributed by atoms with Crippen molar-refractivity contribution in [1.29, 1.82) is 0 Å². The first-order chi connectivity index (χ1) is 15.1. The number of ether oxygens (including phenoxy) is 1. The van der Waals surface area contributed by atoms with E-state index in [1.54, 1.807) is 13.2 Å². The molecule has 4 heterocycles. The van der Waals surface area contributed by atoms with Crippen molar-refractivity contribution >= 4 is 11.5 Å². The van der Waals surface area contributed by atoms with E-state index >= 15 is 0 Å². The molecule has 1 aliphatic heterocycles. The van der Waals surface area contributed by atoms with Crippen LogP contribution in [0.1, 0.15) is 56.6 Å². The molecule has 0 aromatic carbocycles. The number of imidazole rings is 1. The van der Waals surface area contributed by atoms with Gasteiger partial charge < -0.3 is 15.8 Å². The zero-order valence-electron chi connectivity index (χ0n) is 17.7. The smallest absolute Gasteiger partial charge is 0.168 e. The minimum Gasteiger partial charge on any atom is -0.495 e. The number of nitrogens with two attached hydrogens (primary N) is 1. The monoisotopic (exact) mass is 430 g/mol. The fraction of sp³-hybridized carbons (Fsp3) is 0.500. The summed E-state index contributed by atoms with van der Waals surface area (Å²) in [4.78, 5) is 8.07. The number of nitrogen functional groups attached to an aromatic ring is 1. The van der Waals surface area contributed by atoms with Gasteiger partial charge in [-0.2, -0.15) is 5.10 Å². The SMILES string of the molecule is C1CCNCC1.COc1cc2ncc(-c3nc(N)c(F)cc3F)n2nc1C1CCCC1. The lowest BCUT2D eigenvalue weighted by atomic mass is 10.0. The first-order valence-corrected chi connectivity index (χ1v) is 10.8. The highest BCUT2D eigenvalue weighted by atomic mass is 19.1. The van der Waals surface area contributed by atoms with Crippen molar-refractivity contribution in [2.24, 2.45) is 0 Å². The molecule has 166 valence electrons. The predicted octanol–water partition coefficient (Wildman–Crippen LogP) is 4.08. The van der Waals surface area contributed by atoms with Gasteiger partial charge >= 0.3 is 0 Å². The Morgan fingerprint density at radius 1 is 1.06 bits per heavy atom. The number of rotatable bonds is 3. The molecule has 0 atom stereocenters. The summed E-state index contributed by atoms with van der Waals surface area (Å²) >= 11 is 0. The van der Waals surface area contributed by atoms with Crippen LogP contribution in [0.2, 0.25) is 0 Å². The average Bonchev–Trinajstić information content (AvgIpc) is 3.47. The normalized spacial score (nSPS) is 16.9. The number of halogens is 2. The molecule has 9 heteroatoms. The van der Waals surface area contributed by atoms with E-state index in [1.807, 2.05) is 0 Å². The van der Waals surface area contributed by atoms with Crippen LogP contribution in [0.5, 0.6) is 5.75 Å². The summed E-state index contributed by atoms with van der Waals surface area (Å²) in [5.41, 5.74) is 7.05. The van der Waals surface area contributed by atoms with E-state index in [4.69, 9.17) is 10.5 Å².